The average molecular weight is 197 g/mol. The highest BCUT2D eigenvalue weighted by Crippen LogP contribution is 2.26. The summed E-state index contributed by atoms with van der Waals surface area (Å²) in [6, 6.07) is -1.35. The highest BCUT2D eigenvalue weighted by molar-refractivity contribution is 4.75. The molecule has 0 aliphatic rings. The summed E-state index contributed by atoms with van der Waals surface area (Å²) in [4.78, 5) is 0. The van der Waals surface area contributed by atoms with E-state index in [4.69, 9.17) is 0 Å². The third kappa shape index (κ3) is 5.13. The van der Waals surface area contributed by atoms with E-state index in [0.717, 1.165) is 12.8 Å². The van der Waals surface area contributed by atoms with Gasteiger partial charge >= 0.3 is 6.18 Å². The highest BCUT2D eigenvalue weighted by Gasteiger charge is 2.38. The fourth-order valence-electron chi connectivity index (χ4n) is 1.43. The maximum atomic E-state index is 12.3. The lowest BCUT2D eigenvalue weighted by Gasteiger charge is -2.22. The van der Waals surface area contributed by atoms with Crippen LogP contribution in [0.15, 0.2) is 0 Å². The maximum absolute atomic E-state index is 12.3. The van der Waals surface area contributed by atoms with Gasteiger partial charge < -0.3 is 5.32 Å². The number of hydrogen-bond donors (Lipinski definition) is 1. The number of alkyl halides is 3. The third-order valence-corrected chi connectivity index (χ3v) is 2.16. The van der Waals surface area contributed by atoms with E-state index in [-0.39, 0.29) is 12.3 Å². The predicted octanol–water partition coefficient (Wildman–Crippen LogP) is 2.96. The second-order valence-electron chi connectivity index (χ2n) is 3.51. The molecule has 0 heterocycles. The first-order valence-corrected chi connectivity index (χ1v) is 4.65. The van der Waals surface area contributed by atoms with Crippen LogP contribution in [0.3, 0.4) is 0 Å². The standard InChI is InChI=1S/C9H18F3N/c1-4-5-7(2)6-8(13-3)9(10,11)12/h7-8,13H,4-6H2,1-3H3. The van der Waals surface area contributed by atoms with Gasteiger partial charge in [0.25, 0.3) is 0 Å². The van der Waals surface area contributed by atoms with E-state index in [9.17, 15) is 13.2 Å². The Labute approximate surface area is 77.7 Å². The summed E-state index contributed by atoms with van der Waals surface area (Å²) >= 11 is 0. The zero-order valence-electron chi connectivity index (χ0n) is 8.41. The number of rotatable bonds is 5. The Hall–Kier alpha value is -0.250. The van der Waals surface area contributed by atoms with Gasteiger partial charge in [-0.05, 0) is 19.4 Å². The van der Waals surface area contributed by atoms with Crippen LogP contribution in [0.25, 0.3) is 0 Å². The Kier molecular flexibility index (Phi) is 5.37. The van der Waals surface area contributed by atoms with Gasteiger partial charge in [0.1, 0.15) is 6.04 Å². The Balaban J connectivity index is 3.98. The molecule has 0 rings (SSSR count). The van der Waals surface area contributed by atoms with Gasteiger partial charge in [0.15, 0.2) is 0 Å². The number of hydrogen-bond acceptors (Lipinski definition) is 1. The minimum Gasteiger partial charge on any atom is -0.309 e. The van der Waals surface area contributed by atoms with Crippen molar-refractivity contribution in [3.8, 4) is 0 Å². The molecule has 0 aliphatic carbocycles. The van der Waals surface area contributed by atoms with E-state index in [1.165, 1.54) is 7.05 Å². The molecule has 1 N–H and O–H groups in total. The van der Waals surface area contributed by atoms with Gasteiger partial charge in [0.05, 0.1) is 0 Å². The molecular weight excluding hydrogens is 179 g/mol. The van der Waals surface area contributed by atoms with Crippen molar-refractivity contribution in [2.75, 3.05) is 7.05 Å². The SMILES string of the molecule is CCCC(C)CC(NC)C(F)(F)F. The minimum absolute atomic E-state index is 0.129. The van der Waals surface area contributed by atoms with Crippen molar-refractivity contribution in [2.24, 2.45) is 5.92 Å². The smallest absolute Gasteiger partial charge is 0.309 e. The van der Waals surface area contributed by atoms with Crippen LogP contribution in [0.4, 0.5) is 13.2 Å². The molecular formula is C9H18F3N. The average Bonchev–Trinajstić information content (AvgIpc) is 1.98. The highest BCUT2D eigenvalue weighted by atomic mass is 19.4. The zero-order chi connectivity index (χ0) is 10.5. The molecule has 0 saturated heterocycles. The van der Waals surface area contributed by atoms with Crippen molar-refractivity contribution in [3.63, 3.8) is 0 Å². The molecule has 0 spiro atoms. The van der Waals surface area contributed by atoms with Gasteiger partial charge in [-0.25, -0.2) is 0 Å². The predicted molar refractivity (Wildman–Crippen MR) is 47.6 cm³/mol. The molecule has 0 aliphatic heterocycles. The number of nitrogens with one attached hydrogen (secondary N) is 1. The second kappa shape index (κ2) is 5.47. The quantitative estimate of drug-likeness (QED) is 0.714. The van der Waals surface area contributed by atoms with E-state index < -0.39 is 12.2 Å². The van der Waals surface area contributed by atoms with E-state index in [0.29, 0.717) is 0 Å². The summed E-state index contributed by atoms with van der Waals surface area (Å²) in [6.45, 7) is 3.85. The maximum Gasteiger partial charge on any atom is 0.403 e. The summed E-state index contributed by atoms with van der Waals surface area (Å²) in [6.07, 6.45) is -2.14. The minimum atomic E-state index is -4.11. The van der Waals surface area contributed by atoms with E-state index in [1.807, 2.05) is 13.8 Å². The first kappa shape index (κ1) is 12.8. The largest absolute Gasteiger partial charge is 0.403 e. The van der Waals surface area contributed by atoms with E-state index in [2.05, 4.69) is 5.32 Å². The lowest BCUT2D eigenvalue weighted by atomic mass is 9.97. The van der Waals surface area contributed by atoms with Crippen LogP contribution >= 0.6 is 0 Å². The van der Waals surface area contributed by atoms with Crippen LogP contribution in [-0.4, -0.2) is 19.3 Å². The molecule has 2 atom stereocenters. The van der Waals surface area contributed by atoms with Gasteiger partial charge in [-0.15, -0.1) is 0 Å². The van der Waals surface area contributed by atoms with Gasteiger partial charge in [-0.1, -0.05) is 26.7 Å². The molecule has 13 heavy (non-hydrogen) atoms. The van der Waals surface area contributed by atoms with Crippen molar-refractivity contribution >= 4 is 0 Å². The summed E-state index contributed by atoms with van der Waals surface area (Å²) in [5.74, 6) is 0.129. The van der Waals surface area contributed by atoms with Crippen molar-refractivity contribution in [1.82, 2.24) is 5.32 Å². The zero-order valence-corrected chi connectivity index (χ0v) is 8.41. The summed E-state index contributed by atoms with van der Waals surface area (Å²) in [7, 11) is 1.36. The summed E-state index contributed by atoms with van der Waals surface area (Å²) in [5, 5.41) is 2.31. The molecule has 2 unspecified atom stereocenters. The van der Waals surface area contributed by atoms with Crippen LogP contribution in [0.5, 0.6) is 0 Å². The second-order valence-corrected chi connectivity index (χ2v) is 3.51. The van der Waals surface area contributed by atoms with Crippen molar-refractivity contribution in [3.05, 3.63) is 0 Å². The van der Waals surface area contributed by atoms with Gasteiger partial charge in [0.2, 0.25) is 0 Å². The third-order valence-electron chi connectivity index (χ3n) is 2.16. The first-order chi connectivity index (χ1) is 5.91. The van der Waals surface area contributed by atoms with E-state index >= 15 is 0 Å². The lowest BCUT2D eigenvalue weighted by molar-refractivity contribution is -0.158. The first-order valence-electron chi connectivity index (χ1n) is 4.65. The fourth-order valence-corrected chi connectivity index (χ4v) is 1.43. The molecule has 0 aromatic heterocycles. The van der Waals surface area contributed by atoms with Crippen LogP contribution < -0.4 is 5.32 Å². The Bertz CT molecular complexity index is 133. The molecule has 0 bridgehead atoms. The van der Waals surface area contributed by atoms with Gasteiger partial charge in [-0.3, -0.25) is 0 Å². The Morgan fingerprint density at radius 1 is 1.31 bits per heavy atom. The molecule has 0 fully saturated rings. The van der Waals surface area contributed by atoms with Gasteiger partial charge in [-0.2, -0.15) is 13.2 Å². The van der Waals surface area contributed by atoms with Crippen molar-refractivity contribution in [2.45, 2.75) is 45.3 Å². The van der Waals surface area contributed by atoms with E-state index in [1.54, 1.807) is 0 Å². The van der Waals surface area contributed by atoms with Crippen LogP contribution in [0.2, 0.25) is 0 Å². The molecule has 0 aromatic carbocycles. The molecule has 80 valence electrons. The normalized spacial score (nSPS) is 17.1. The Morgan fingerprint density at radius 2 is 1.85 bits per heavy atom. The van der Waals surface area contributed by atoms with Gasteiger partial charge in [0, 0.05) is 0 Å². The summed E-state index contributed by atoms with van der Waals surface area (Å²) < 4.78 is 36.8. The van der Waals surface area contributed by atoms with Crippen LogP contribution in [-0.2, 0) is 0 Å². The molecule has 0 amide bonds. The molecule has 1 nitrogen and oxygen atoms in total. The molecule has 0 radical (unpaired) electrons. The van der Waals surface area contributed by atoms with Crippen molar-refractivity contribution < 1.29 is 13.2 Å². The molecule has 0 aromatic rings. The topological polar surface area (TPSA) is 12.0 Å². The fraction of sp³-hybridized carbons (Fsp3) is 1.00. The Morgan fingerprint density at radius 3 is 2.15 bits per heavy atom. The lowest BCUT2D eigenvalue weighted by Crippen LogP contribution is -2.41. The van der Waals surface area contributed by atoms with Crippen LogP contribution in [0.1, 0.15) is 33.1 Å². The van der Waals surface area contributed by atoms with Crippen molar-refractivity contribution in [1.29, 1.82) is 0 Å². The number of halogens is 3. The summed E-state index contributed by atoms with van der Waals surface area (Å²) in [5.41, 5.74) is 0. The monoisotopic (exact) mass is 197 g/mol. The molecule has 4 heteroatoms. The molecule has 0 saturated carbocycles. The van der Waals surface area contributed by atoms with Crippen LogP contribution in [0, 0.1) is 5.92 Å².